The monoisotopic (exact) mass is 322 g/mol. The molecule has 1 aromatic rings. The second-order valence-electron chi connectivity index (χ2n) is 7.16. The van der Waals surface area contributed by atoms with Gasteiger partial charge in [0.25, 0.3) is 0 Å². The lowest BCUT2D eigenvalue weighted by molar-refractivity contribution is 0.0524. The average molecular weight is 322 g/mol. The lowest BCUT2D eigenvalue weighted by Crippen LogP contribution is -2.46. The van der Waals surface area contributed by atoms with Crippen LogP contribution in [-0.4, -0.2) is 35.2 Å². The first-order valence-corrected chi connectivity index (χ1v) is 8.26. The third kappa shape index (κ3) is 4.93. The van der Waals surface area contributed by atoms with E-state index in [1.807, 2.05) is 0 Å². The highest BCUT2D eigenvalue weighted by Crippen LogP contribution is 2.36. The van der Waals surface area contributed by atoms with Crippen molar-refractivity contribution in [2.24, 2.45) is 5.92 Å². The van der Waals surface area contributed by atoms with Gasteiger partial charge in [0, 0.05) is 12.6 Å². The summed E-state index contributed by atoms with van der Waals surface area (Å²) in [5.41, 5.74) is -0.420. The van der Waals surface area contributed by atoms with E-state index in [1.54, 1.807) is 39.1 Å². The average Bonchev–Trinajstić information content (AvgIpc) is 2.97. The maximum atomic E-state index is 14.2. The highest BCUT2D eigenvalue weighted by Gasteiger charge is 2.31. The first-order chi connectivity index (χ1) is 10.8. The predicted octanol–water partition coefficient (Wildman–Crippen LogP) is 3.47. The highest BCUT2D eigenvalue weighted by molar-refractivity contribution is 5.74. The summed E-state index contributed by atoms with van der Waals surface area (Å²) in [5.74, 6) is -0.0266. The largest absolute Gasteiger partial charge is 0.389 e. The van der Waals surface area contributed by atoms with Crippen LogP contribution in [0, 0.1) is 11.7 Å². The minimum atomic E-state index is -0.965. The van der Waals surface area contributed by atoms with Crippen molar-refractivity contribution in [3.8, 4) is 0 Å². The number of nitrogens with one attached hydrogen (secondary N) is 1. The van der Waals surface area contributed by atoms with Gasteiger partial charge >= 0.3 is 6.03 Å². The van der Waals surface area contributed by atoms with Crippen LogP contribution in [0.4, 0.5) is 9.18 Å². The molecule has 1 saturated carbocycles. The van der Waals surface area contributed by atoms with E-state index in [-0.39, 0.29) is 30.4 Å². The number of amides is 2. The Hall–Kier alpha value is -1.62. The number of hydrogen-bond donors (Lipinski definition) is 2. The van der Waals surface area contributed by atoms with Gasteiger partial charge in [-0.3, -0.25) is 0 Å². The number of carbonyl (C=O) groups is 1. The van der Waals surface area contributed by atoms with Gasteiger partial charge in [-0.05, 0) is 38.7 Å². The van der Waals surface area contributed by atoms with E-state index < -0.39 is 5.60 Å². The number of urea groups is 1. The first-order valence-electron chi connectivity index (χ1n) is 8.26. The van der Waals surface area contributed by atoms with Crippen LogP contribution in [-0.2, 0) is 0 Å². The summed E-state index contributed by atoms with van der Waals surface area (Å²) in [5, 5.41) is 12.8. The second kappa shape index (κ2) is 7.30. The summed E-state index contributed by atoms with van der Waals surface area (Å²) in [6.07, 6.45) is 4.22. The highest BCUT2D eigenvalue weighted by atomic mass is 19.1. The molecule has 1 unspecified atom stereocenters. The fourth-order valence-electron chi connectivity index (χ4n) is 3.36. The standard InChI is InChI=1S/C18H27FN2O2/c1-18(2,23)12-21(3)17(22)20-16(13-8-4-5-9-13)14-10-6-7-11-15(14)19/h6-7,10-11,13,16,23H,4-5,8-9,12H2,1-3H3,(H,20,22). The molecule has 23 heavy (non-hydrogen) atoms. The molecule has 0 aromatic heterocycles. The van der Waals surface area contributed by atoms with Crippen LogP contribution >= 0.6 is 0 Å². The molecule has 2 amide bonds. The smallest absolute Gasteiger partial charge is 0.317 e. The van der Waals surface area contributed by atoms with Crippen molar-refractivity contribution >= 4 is 6.03 Å². The van der Waals surface area contributed by atoms with E-state index in [0.717, 1.165) is 25.7 Å². The van der Waals surface area contributed by atoms with Gasteiger partial charge in [0.1, 0.15) is 5.82 Å². The van der Waals surface area contributed by atoms with Crippen LogP contribution < -0.4 is 5.32 Å². The molecule has 1 aliphatic rings. The van der Waals surface area contributed by atoms with Crippen LogP contribution in [0.1, 0.15) is 51.1 Å². The zero-order valence-electron chi connectivity index (χ0n) is 14.2. The number of aliphatic hydroxyl groups is 1. The van der Waals surface area contributed by atoms with Crippen molar-refractivity contribution in [1.29, 1.82) is 0 Å². The van der Waals surface area contributed by atoms with Crippen molar-refractivity contribution in [2.45, 2.75) is 51.2 Å². The Morgan fingerprint density at radius 2 is 2.00 bits per heavy atom. The number of rotatable bonds is 5. The molecule has 0 heterocycles. The molecule has 1 aromatic carbocycles. The quantitative estimate of drug-likeness (QED) is 0.872. The van der Waals surface area contributed by atoms with Gasteiger partial charge in [-0.1, -0.05) is 31.0 Å². The van der Waals surface area contributed by atoms with E-state index in [1.165, 1.54) is 11.0 Å². The summed E-state index contributed by atoms with van der Waals surface area (Å²) in [7, 11) is 1.64. The zero-order chi connectivity index (χ0) is 17.0. The van der Waals surface area contributed by atoms with Gasteiger partial charge in [0.05, 0.1) is 18.2 Å². The predicted molar refractivity (Wildman–Crippen MR) is 88.6 cm³/mol. The van der Waals surface area contributed by atoms with Crippen LogP contribution in [0.15, 0.2) is 24.3 Å². The lowest BCUT2D eigenvalue weighted by atomic mass is 9.91. The molecule has 0 aliphatic heterocycles. The van der Waals surface area contributed by atoms with E-state index in [4.69, 9.17) is 0 Å². The Morgan fingerprint density at radius 3 is 2.57 bits per heavy atom. The Labute approximate surface area is 137 Å². The van der Waals surface area contributed by atoms with E-state index in [0.29, 0.717) is 5.56 Å². The third-order valence-corrected chi connectivity index (χ3v) is 4.36. The van der Waals surface area contributed by atoms with Gasteiger partial charge < -0.3 is 15.3 Å². The van der Waals surface area contributed by atoms with E-state index >= 15 is 0 Å². The SMILES string of the molecule is CN(CC(C)(C)O)C(=O)NC(c1ccccc1F)C1CCCC1. The van der Waals surface area contributed by atoms with Crippen LogP contribution in [0.2, 0.25) is 0 Å². The third-order valence-electron chi connectivity index (χ3n) is 4.36. The molecule has 4 nitrogen and oxygen atoms in total. The first kappa shape index (κ1) is 17.7. The second-order valence-corrected chi connectivity index (χ2v) is 7.16. The van der Waals surface area contributed by atoms with Gasteiger partial charge in [0.2, 0.25) is 0 Å². The van der Waals surface area contributed by atoms with Gasteiger partial charge in [0.15, 0.2) is 0 Å². The minimum Gasteiger partial charge on any atom is -0.389 e. The van der Waals surface area contributed by atoms with Crippen molar-refractivity contribution in [3.63, 3.8) is 0 Å². The van der Waals surface area contributed by atoms with Crippen molar-refractivity contribution < 1.29 is 14.3 Å². The molecule has 0 spiro atoms. The van der Waals surface area contributed by atoms with Crippen LogP contribution in [0.5, 0.6) is 0 Å². The molecule has 5 heteroatoms. The Morgan fingerprint density at radius 1 is 1.39 bits per heavy atom. The summed E-state index contributed by atoms with van der Waals surface area (Å²) in [4.78, 5) is 13.9. The van der Waals surface area contributed by atoms with Crippen molar-refractivity contribution in [2.75, 3.05) is 13.6 Å². The molecular formula is C18H27FN2O2. The zero-order valence-corrected chi connectivity index (χ0v) is 14.2. The van der Waals surface area contributed by atoms with Gasteiger partial charge in [-0.15, -0.1) is 0 Å². The molecule has 1 aliphatic carbocycles. The number of nitrogens with zero attached hydrogens (tertiary/aromatic N) is 1. The minimum absolute atomic E-state index is 0.216. The van der Waals surface area contributed by atoms with Crippen LogP contribution in [0.25, 0.3) is 0 Å². The number of halogens is 1. The summed E-state index contributed by atoms with van der Waals surface area (Å²) < 4.78 is 14.2. The maximum absolute atomic E-state index is 14.2. The molecule has 2 N–H and O–H groups in total. The lowest BCUT2D eigenvalue weighted by Gasteiger charge is -2.30. The van der Waals surface area contributed by atoms with Crippen molar-refractivity contribution in [1.82, 2.24) is 10.2 Å². The molecule has 1 fully saturated rings. The van der Waals surface area contributed by atoms with Gasteiger partial charge in [-0.25, -0.2) is 9.18 Å². The normalized spacial score (nSPS) is 17.1. The fraction of sp³-hybridized carbons (Fsp3) is 0.611. The number of hydrogen-bond acceptors (Lipinski definition) is 2. The Balaban J connectivity index is 2.15. The van der Waals surface area contributed by atoms with Crippen molar-refractivity contribution in [3.05, 3.63) is 35.6 Å². The van der Waals surface area contributed by atoms with Gasteiger partial charge in [-0.2, -0.15) is 0 Å². The number of likely N-dealkylation sites (N-methyl/N-ethyl adjacent to an activating group) is 1. The molecule has 0 radical (unpaired) electrons. The Bertz CT molecular complexity index is 536. The molecule has 2 rings (SSSR count). The molecule has 128 valence electrons. The fourth-order valence-corrected chi connectivity index (χ4v) is 3.36. The summed E-state index contributed by atoms with van der Waals surface area (Å²) in [6.45, 7) is 3.53. The van der Waals surface area contributed by atoms with E-state index in [9.17, 15) is 14.3 Å². The summed E-state index contributed by atoms with van der Waals surface area (Å²) in [6, 6.07) is 6.03. The van der Waals surface area contributed by atoms with E-state index in [2.05, 4.69) is 5.32 Å². The number of benzene rings is 1. The maximum Gasteiger partial charge on any atom is 0.317 e. The topological polar surface area (TPSA) is 52.6 Å². The number of carbonyl (C=O) groups excluding carboxylic acids is 1. The van der Waals surface area contributed by atoms with Crippen LogP contribution in [0.3, 0.4) is 0 Å². The molecular weight excluding hydrogens is 295 g/mol. The molecule has 0 saturated heterocycles. The molecule has 1 atom stereocenters. The summed E-state index contributed by atoms with van der Waals surface area (Å²) >= 11 is 0. The Kier molecular flexibility index (Phi) is 5.63. The molecule has 0 bridgehead atoms.